The van der Waals surface area contributed by atoms with Crippen molar-refractivity contribution in [3.63, 3.8) is 0 Å². The third kappa shape index (κ3) is 5.08. The monoisotopic (exact) mass is 437 g/mol. The molecule has 0 radical (unpaired) electrons. The minimum atomic E-state index is -0.320. The average Bonchev–Trinajstić information content (AvgIpc) is 2.93. The number of aliphatic hydroxyl groups is 1. The maximum atomic E-state index is 12.3. The number of hydrogen-bond acceptors (Lipinski definition) is 5. The molecule has 2 aromatic carbocycles. The smallest absolute Gasteiger partial charge is 0.219 e. The van der Waals surface area contributed by atoms with Crippen molar-refractivity contribution < 1.29 is 14.6 Å². The number of likely N-dealkylation sites (N-methyl/N-ethyl adjacent to an activating group) is 1. The van der Waals surface area contributed by atoms with Gasteiger partial charge in [-0.3, -0.25) is 9.69 Å². The van der Waals surface area contributed by atoms with Crippen LogP contribution in [0, 0.1) is 6.92 Å². The van der Waals surface area contributed by atoms with Crippen LogP contribution < -0.4 is 9.64 Å². The van der Waals surface area contributed by atoms with Crippen LogP contribution >= 0.6 is 0 Å². The number of rotatable bonds is 5. The van der Waals surface area contributed by atoms with Crippen LogP contribution in [0.15, 0.2) is 42.5 Å². The van der Waals surface area contributed by atoms with Crippen LogP contribution in [0.4, 0.5) is 5.69 Å². The van der Waals surface area contributed by atoms with Gasteiger partial charge in [0.25, 0.3) is 0 Å². The number of benzene rings is 2. The number of carbonyl (C=O) groups is 1. The second-order valence-electron chi connectivity index (χ2n) is 9.36. The normalized spacial score (nSPS) is 18.1. The largest absolute Gasteiger partial charge is 0.485 e. The van der Waals surface area contributed by atoms with Gasteiger partial charge in [0.2, 0.25) is 5.91 Å². The van der Waals surface area contributed by atoms with E-state index in [0.29, 0.717) is 19.6 Å². The predicted molar refractivity (Wildman–Crippen MR) is 127 cm³/mol. The first-order valence-corrected chi connectivity index (χ1v) is 11.5. The van der Waals surface area contributed by atoms with E-state index in [2.05, 4.69) is 59.2 Å². The highest BCUT2D eigenvalue weighted by molar-refractivity contribution is 5.73. The zero-order valence-electron chi connectivity index (χ0n) is 19.5. The number of aliphatic hydroxyl groups excluding tert-OH is 1. The van der Waals surface area contributed by atoms with E-state index in [9.17, 15) is 4.79 Å². The molecular formula is C26H35N3O3. The molecule has 1 N–H and O–H groups in total. The molecule has 1 fully saturated rings. The summed E-state index contributed by atoms with van der Waals surface area (Å²) < 4.78 is 6.64. The highest BCUT2D eigenvalue weighted by Crippen LogP contribution is 2.36. The molecule has 0 atom stereocenters. The molecule has 1 amide bonds. The van der Waals surface area contributed by atoms with E-state index in [1.807, 2.05) is 11.9 Å². The van der Waals surface area contributed by atoms with Crippen LogP contribution in [0.25, 0.3) is 0 Å². The summed E-state index contributed by atoms with van der Waals surface area (Å²) in [5.41, 5.74) is 4.38. The van der Waals surface area contributed by atoms with E-state index in [1.165, 1.54) is 11.1 Å². The number of aryl methyl sites for hydroxylation is 1. The number of amides is 1. The molecule has 2 heterocycles. The van der Waals surface area contributed by atoms with Gasteiger partial charge in [0.15, 0.2) is 0 Å². The van der Waals surface area contributed by atoms with Crippen molar-refractivity contribution >= 4 is 11.6 Å². The first kappa shape index (κ1) is 22.6. The number of likely N-dealkylation sites (tertiary alicyclic amines) is 1. The Morgan fingerprint density at radius 3 is 2.53 bits per heavy atom. The summed E-state index contributed by atoms with van der Waals surface area (Å²) in [7, 11) is 1.99. The fourth-order valence-electron chi connectivity index (χ4n) is 4.80. The maximum absolute atomic E-state index is 12.3. The summed E-state index contributed by atoms with van der Waals surface area (Å²) in [5.74, 6) is 1.03. The Kier molecular flexibility index (Phi) is 6.72. The molecule has 0 unspecified atom stereocenters. The van der Waals surface area contributed by atoms with Crippen molar-refractivity contribution in [2.24, 2.45) is 0 Å². The lowest BCUT2D eigenvalue weighted by atomic mass is 9.90. The molecule has 2 aliphatic heterocycles. The van der Waals surface area contributed by atoms with Gasteiger partial charge in [-0.05, 0) is 30.7 Å². The van der Waals surface area contributed by atoms with E-state index in [1.54, 1.807) is 6.92 Å². The van der Waals surface area contributed by atoms with E-state index in [0.717, 1.165) is 49.5 Å². The fraction of sp³-hybridized carbons (Fsp3) is 0.500. The standard InChI is InChI=1S/C26H35N3O3/c1-20-4-9-25-23(16-20)18-29(21(2)31)19-26(32-25)10-12-28(13-11-26)17-22-5-7-24(8-6-22)27(3)14-15-30/h4-9,16,30H,10-15,17-19H2,1-3H3. The number of carbonyl (C=O) groups excluding carboxylic acids is 1. The number of ether oxygens (including phenoxy) is 1. The van der Waals surface area contributed by atoms with Crippen molar-refractivity contribution in [1.29, 1.82) is 0 Å². The number of nitrogens with zero attached hydrogens (tertiary/aromatic N) is 3. The number of piperidine rings is 1. The summed E-state index contributed by atoms with van der Waals surface area (Å²) >= 11 is 0. The molecule has 172 valence electrons. The third-order valence-corrected chi connectivity index (χ3v) is 6.81. The fourth-order valence-corrected chi connectivity index (χ4v) is 4.80. The summed E-state index contributed by atoms with van der Waals surface area (Å²) in [4.78, 5) is 18.8. The molecule has 1 spiro atoms. The van der Waals surface area contributed by atoms with E-state index < -0.39 is 0 Å². The minimum Gasteiger partial charge on any atom is -0.485 e. The van der Waals surface area contributed by atoms with Gasteiger partial charge in [-0.15, -0.1) is 0 Å². The Morgan fingerprint density at radius 2 is 1.88 bits per heavy atom. The zero-order valence-corrected chi connectivity index (χ0v) is 19.5. The Balaban J connectivity index is 1.42. The molecule has 1 saturated heterocycles. The van der Waals surface area contributed by atoms with Gasteiger partial charge in [0.05, 0.1) is 13.2 Å². The Bertz CT molecular complexity index is 936. The van der Waals surface area contributed by atoms with Crippen LogP contribution in [0.3, 0.4) is 0 Å². The first-order valence-electron chi connectivity index (χ1n) is 11.5. The maximum Gasteiger partial charge on any atom is 0.219 e. The lowest BCUT2D eigenvalue weighted by Gasteiger charge is -2.42. The Labute approximate surface area is 191 Å². The van der Waals surface area contributed by atoms with Gasteiger partial charge in [0, 0.05) is 70.8 Å². The first-order chi connectivity index (χ1) is 15.4. The summed E-state index contributed by atoms with van der Waals surface area (Å²) in [6.45, 7) is 8.59. The quantitative estimate of drug-likeness (QED) is 0.779. The van der Waals surface area contributed by atoms with Gasteiger partial charge >= 0.3 is 0 Å². The molecule has 0 saturated carbocycles. The van der Waals surface area contributed by atoms with E-state index in [4.69, 9.17) is 9.84 Å². The second-order valence-corrected chi connectivity index (χ2v) is 9.36. The van der Waals surface area contributed by atoms with Crippen molar-refractivity contribution in [1.82, 2.24) is 9.80 Å². The van der Waals surface area contributed by atoms with Gasteiger partial charge < -0.3 is 19.6 Å². The molecule has 4 rings (SSSR count). The average molecular weight is 438 g/mol. The van der Waals surface area contributed by atoms with Crippen LogP contribution in [-0.4, -0.2) is 66.2 Å². The zero-order chi connectivity index (χ0) is 22.7. The Hall–Kier alpha value is -2.57. The second kappa shape index (κ2) is 9.51. The highest BCUT2D eigenvalue weighted by atomic mass is 16.5. The van der Waals surface area contributed by atoms with Crippen molar-refractivity contribution in [2.75, 3.05) is 44.7 Å². The minimum absolute atomic E-state index is 0.107. The molecular weight excluding hydrogens is 402 g/mol. The van der Waals surface area contributed by atoms with Crippen LogP contribution in [-0.2, 0) is 17.9 Å². The summed E-state index contributed by atoms with van der Waals surface area (Å²) in [6, 6.07) is 14.9. The molecule has 0 aromatic heterocycles. The number of anilines is 1. The van der Waals surface area contributed by atoms with Crippen LogP contribution in [0.5, 0.6) is 5.75 Å². The SMILES string of the molecule is CC(=O)N1Cc2cc(C)ccc2OC2(CCN(Cc3ccc(N(C)CCO)cc3)CC2)C1. The molecule has 2 aliphatic rings. The lowest BCUT2D eigenvalue weighted by molar-refractivity contribution is -0.132. The highest BCUT2D eigenvalue weighted by Gasteiger charge is 2.41. The predicted octanol–water partition coefficient (Wildman–Crippen LogP) is 3.20. The van der Waals surface area contributed by atoms with Gasteiger partial charge in [-0.1, -0.05) is 29.8 Å². The molecule has 6 nitrogen and oxygen atoms in total. The van der Waals surface area contributed by atoms with Crippen LogP contribution in [0.2, 0.25) is 0 Å². The van der Waals surface area contributed by atoms with Crippen LogP contribution in [0.1, 0.15) is 36.5 Å². The molecule has 0 bridgehead atoms. The number of fused-ring (bicyclic) bond motifs is 1. The molecule has 6 heteroatoms. The lowest BCUT2D eigenvalue weighted by Crippen LogP contribution is -2.53. The van der Waals surface area contributed by atoms with Gasteiger partial charge in [0.1, 0.15) is 11.4 Å². The van der Waals surface area contributed by atoms with Crippen molar-refractivity contribution in [3.05, 3.63) is 59.2 Å². The summed E-state index contributed by atoms with van der Waals surface area (Å²) in [6.07, 6.45) is 1.81. The third-order valence-electron chi connectivity index (χ3n) is 6.81. The number of hydrogen-bond donors (Lipinski definition) is 1. The molecule has 0 aliphatic carbocycles. The van der Waals surface area contributed by atoms with Crippen molar-refractivity contribution in [3.8, 4) is 5.75 Å². The Morgan fingerprint density at radius 1 is 1.16 bits per heavy atom. The topological polar surface area (TPSA) is 56.2 Å². The molecule has 2 aromatic rings. The molecule has 32 heavy (non-hydrogen) atoms. The van der Waals surface area contributed by atoms with E-state index >= 15 is 0 Å². The summed E-state index contributed by atoms with van der Waals surface area (Å²) in [5, 5.41) is 9.12. The van der Waals surface area contributed by atoms with Gasteiger partial charge in [-0.2, -0.15) is 0 Å². The van der Waals surface area contributed by atoms with Gasteiger partial charge in [-0.25, -0.2) is 0 Å². The van der Waals surface area contributed by atoms with Crippen molar-refractivity contribution in [2.45, 2.75) is 45.4 Å². The van der Waals surface area contributed by atoms with E-state index in [-0.39, 0.29) is 18.1 Å².